The molecule has 2 heterocycles. The lowest BCUT2D eigenvalue weighted by Gasteiger charge is -2.22. The van der Waals surface area contributed by atoms with Crippen LogP contribution >= 0.6 is 0 Å². The van der Waals surface area contributed by atoms with Crippen LogP contribution in [0, 0.1) is 12.7 Å². The van der Waals surface area contributed by atoms with Gasteiger partial charge in [0.15, 0.2) is 5.76 Å². The molecule has 0 fully saturated rings. The SMILES string of the molecule is Cc1ccc(-c2nnn(CC(=O)N(CC(=O)NCc3ccccc3)c3ccccc3F)n2)o1. The lowest BCUT2D eigenvalue weighted by molar-refractivity contribution is -0.124. The third-order valence-electron chi connectivity index (χ3n) is 4.77. The summed E-state index contributed by atoms with van der Waals surface area (Å²) in [6.07, 6.45) is 0. The predicted molar refractivity (Wildman–Crippen MR) is 117 cm³/mol. The van der Waals surface area contributed by atoms with E-state index in [-0.39, 0.29) is 31.1 Å². The van der Waals surface area contributed by atoms with Crippen molar-refractivity contribution in [3.05, 3.63) is 83.9 Å². The van der Waals surface area contributed by atoms with Crippen LogP contribution in [0.3, 0.4) is 0 Å². The maximum Gasteiger partial charge on any atom is 0.251 e. The lowest BCUT2D eigenvalue weighted by atomic mass is 10.2. The molecule has 0 aliphatic rings. The fourth-order valence-electron chi connectivity index (χ4n) is 3.14. The van der Waals surface area contributed by atoms with E-state index < -0.39 is 17.6 Å². The summed E-state index contributed by atoms with van der Waals surface area (Å²) in [4.78, 5) is 27.8. The van der Waals surface area contributed by atoms with Gasteiger partial charge in [0.2, 0.25) is 11.7 Å². The first-order valence-electron chi connectivity index (χ1n) is 10.2. The highest BCUT2D eigenvalue weighted by Gasteiger charge is 2.23. The first-order chi connectivity index (χ1) is 16.0. The summed E-state index contributed by atoms with van der Waals surface area (Å²) >= 11 is 0. The van der Waals surface area contributed by atoms with Gasteiger partial charge in [0, 0.05) is 6.54 Å². The monoisotopic (exact) mass is 448 g/mol. The highest BCUT2D eigenvalue weighted by atomic mass is 19.1. The van der Waals surface area contributed by atoms with Crippen LogP contribution in [-0.2, 0) is 22.7 Å². The molecular formula is C23H21FN6O3. The molecule has 0 atom stereocenters. The van der Waals surface area contributed by atoms with Gasteiger partial charge in [0.05, 0.1) is 5.69 Å². The molecule has 1 N–H and O–H groups in total. The number of aryl methyl sites for hydroxylation is 1. The zero-order valence-corrected chi connectivity index (χ0v) is 17.8. The fourth-order valence-corrected chi connectivity index (χ4v) is 3.14. The maximum absolute atomic E-state index is 14.5. The van der Waals surface area contributed by atoms with E-state index in [1.807, 2.05) is 30.3 Å². The zero-order chi connectivity index (χ0) is 23.2. The topological polar surface area (TPSA) is 106 Å². The first kappa shape index (κ1) is 21.9. The summed E-state index contributed by atoms with van der Waals surface area (Å²) in [7, 11) is 0. The summed E-state index contributed by atoms with van der Waals surface area (Å²) < 4.78 is 19.9. The molecule has 10 heteroatoms. The zero-order valence-electron chi connectivity index (χ0n) is 17.8. The van der Waals surface area contributed by atoms with Crippen LogP contribution in [0.15, 0.2) is 71.1 Å². The van der Waals surface area contributed by atoms with Crippen molar-refractivity contribution in [1.29, 1.82) is 0 Å². The van der Waals surface area contributed by atoms with E-state index in [4.69, 9.17) is 4.42 Å². The molecule has 0 spiro atoms. The summed E-state index contributed by atoms with van der Waals surface area (Å²) in [5.41, 5.74) is 0.890. The number of carbonyl (C=O) groups is 2. The maximum atomic E-state index is 14.5. The molecule has 168 valence electrons. The second kappa shape index (κ2) is 9.86. The molecule has 33 heavy (non-hydrogen) atoms. The van der Waals surface area contributed by atoms with E-state index >= 15 is 0 Å². The van der Waals surface area contributed by atoms with Crippen LogP contribution in [0.5, 0.6) is 0 Å². The Kier molecular flexibility index (Phi) is 6.53. The predicted octanol–water partition coefficient (Wildman–Crippen LogP) is 2.73. The second-order valence-corrected chi connectivity index (χ2v) is 7.25. The molecule has 0 radical (unpaired) electrons. The van der Waals surface area contributed by atoms with Crippen LogP contribution in [0.4, 0.5) is 10.1 Å². The van der Waals surface area contributed by atoms with Gasteiger partial charge in [0.1, 0.15) is 24.7 Å². The molecule has 4 rings (SSSR count). The lowest BCUT2D eigenvalue weighted by Crippen LogP contribution is -2.42. The average molecular weight is 448 g/mol. The quantitative estimate of drug-likeness (QED) is 0.444. The highest BCUT2D eigenvalue weighted by molar-refractivity contribution is 5.98. The Morgan fingerprint density at radius 2 is 1.82 bits per heavy atom. The fraction of sp³-hybridized carbons (Fsp3) is 0.174. The number of anilines is 1. The van der Waals surface area contributed by atoms with Gasteiger partial charge in [-0.2, -0.15) is 4.80 Å². The molecule has 0 aliphatic heterocycles. The smallest absolute Gasteiger partial charge is 0.251 e. The van der Waals surface area contributed by atoms with Crippen molar-refractivity contribution in [3.63, 3.8) is 0 Å². The minimum absolute atomic E-state index is 0.0145. The normalized spacial score (nSPS) is 10.7. The second-order valence-electron chi connectivity index (χ2n) is 7.25. The Hall–Kier alpha value is -4.34. The van der Waals surface area contributed by atoms with Crippen molar-refractivity contribution in [2.75, 3.05) is 11.4 Å². The number of nitrogens with one attached hydrogen (secondary N) is 1. The Bertz CT molecular complexity index is 1250. The molecular weight excluding hydrogens is 427 g/mol. The van der Waals surface area contributed by atoms with Gasteiger partial charge in [-0.05, 0) is 42.0 Å². The van der Waals surface area contributed by atoms with Gasteiger partial charge >= 0.3 is 0 Å². The minimum Gasteiger partial charge on any atom is -0.458 e. The number of benzene rings is 2. The molecule has 2 amide bonds. The number of carbonyl (C=O) groups excluding carboxylic acids is 2. The van der Waals surface area contributed by atoms with Crippen molar-refractivity contribution in [2.24, 2.45) is 0 Å². The van der Waals surface area contributed by atoms with Gasteiger partial charge < -0.3 is 9.73 Å². The van der Waals surface area contributed by atoms with Crippen LogP contribution in [-0.4, -0.2) is 38.6 Å². The van der Waals surface area contributed by atoms with Crippen LogP contribution in [0.25, 0.3) is 11.6 Å². The number of rotatable bonds is 8. The number of amides is 2. The average Bonchev–Trinajstić information content (AvgIpc) is 3.46. The summed E-state index contributed by atoms with van der Waals surface area (Å²) in [6, 6.07) is 18.5. The molecule has 0 saturated heterocycles. The third kappa shape index (κ3) is 5.48. The van der Waals surface area contributed by atoms with Crippen molar-refractivity contribution in [2.45, 2.75) is 20.0 Å². The van der Waals surface area contributed by atoms with Gasteiger partial charge in [0.25, 0.3) is 5.91 Å². The Morgan fingerprint density at radius 3 is 2.55 bits per heavy atom. The van der Waals surface area contributed by atoms with Crippen LogP contribution in [0.2, 0.25) is 0 Å². The van der Waals surface area contributed by atoms with Crippen molar-refractivity contribution < 1.29 is 18.4 Å². The molecule has 0 aliphatic carbocycles. The van der Waals surface area contributed by atoms with E-state index in [0.29, 0.717) is 11.5 Å². The number of hydrogen-bond donors (Lipinski definition) is 1. The molecule has 0 saturated carbocycles. The molecule has 9 nitrogen and oxygen atoms in total. The Balaban J connectivity index is 1.48. The highest BCUT2D eigenvalue weighted by Crippen LogP contribution is 2.20. The van der Waals surface area contributed by atoms with E-state index in [2.05, 4.69) is 20.7 Å². The number of halogens is 1. The molecule has 0 unspecified atom stereocenters. The van der Waals surface area contributed by atoms with E-state index in [9.17, 15) is 14.0 Å². The Labute approximate surface area is 188 Å². The van der Waals surface area contributed by atoms with Gasteiger partial charge in [-0.15, -0.1) is 10.2 Å². The third-order valence-corrected chi connectivity index (χ3v) is 4.77. The summed E-state index contributed by atoms with van der Waals surface area (Å²) in [6.45, 7) is 1.36. The van der Waals surface area contributed by atoms with Crippen LogP contribution < -0.4 is 10.2 Å². The van der Waals surface area contributed by atoms with Crippen molar-refractivity contribution in [1.82, 2.24) is 25.5 Å². The molecule has 2 aromatic carbocycles. The first-order valence-corrected chi connectivity index (χ1v) is 10.2. The standard InChI is InChI=1S/C23H21FN6O3/c1-16-11-12-20(33-16)23-26-28-30(27-23)15-22(32)29(19-10-6-5-9-18(19)24)14-21(31)25-13-17-7-3-2-4-8-17/h2-12H,13-15H2,1H3,(H,25,31). The summed E-state index contributed by atoms with van der Waals surface area (Å²) in [5, 5.41) is 14.7. The van der Waals surface area contributed by atoms with E-state index in [0.717, 1.165) is 15.3 Å². The van der Waals surface area contributed by atoms with Crippen molar-refractivity contribution >= 4 is 17.5 Å². The minimum atomic E-state index is -0.625. The number of furan rings is 1. The molecule has 4 aromatic rings. The molecule has 2 aromatic heterocycles. The van der Waals surface area contributed by atoms with Gasteiger partial charge in [-0.3, -0.25) is 14.5 Å². The van der Waals surface area contributed by atoms with E-state index in [1.54, 1.807) is 25.1 Å². The largest absolute Gasteiger partial charge is 0.458 e. The number of hydrogen-bond acceptors (Lipinski definition) is 6. The van der Waals surface area contributed by atoms with Gasteiger partial charge in [-0.25, -0.2) is 4.39 Å². The Morgan fingerprint density at radius 1 is 1.06 bits per heavy atom. The number of para-hydroxylation sites is 1. The van der Waals surface area contributed by atoms with Crippen LogP contribution in [0.1, 0.15) is 11.3 Å². The molecule has 0 bridgehead atoms. The number of aromatic nitrogens is 4. The number of nitrogens with zero attached hydrogens (tertiary/aromatic N) is 5. The van der Waals surface area contributed by atoms with E-state index in [1.165, 1.54) is 18.2 Å². The summed E-state index contributed by atoms with van der Waals surface area (Å²) in [5.74, 6) is -0.320. The van der Waals surface area contributed by atoms with Crippen molar-refractivity contribution in [3.8, 4) is 11.6 Å². The number of tetrazole rings is 1. The van der Waals surface area contributed by atoms with Gasteiger partial charge in [-0.1, -0.05) is 42.5 Å².